The Morgan fingerprint density at radius 3 is 1.20 bits per heavy atom. The van der Waals surface area contributed by atoms with Gasteiger partial charge in [0.15, 0.2) is 6.10 Å². The number of aliphatic carboxylic acids is 1. The van der Waals surface area contributed by atoms with E-state index in [1.54, 1.807) is 0 Å². The Hall–Kier alpha value is -3.53. The van der Waals surface area contributed by atoms with Crippen molar-refractivity contribution in [3.8, 4) is 0 Å². The number of esters is 2. The van der Waals surface area contributed by atoms with Crippen LogP contribution in [0.1, 0.15) is 232 Å². The van der Waals surface area contributed by atoms with Gasteiger partial charge in [-0.15, -0.1) is 0 Å². The molecule has 0 aromatic heterocycles. The van der Waals surface area contributed by atoms with Crippen LogP contribution in [-0.2, 0) is 33.3 Å². The molecule has 408 valence electrons. The van der Waals surface area contributed by atoms with E-state index in [0.717, 1.165) is 96.3 Å². The number of unbranched alkanes of at least 4 members (excludes halogenated alkanes) is 23. The zero-order chi connectivity index (χ0) is 52.0. The fourth-order valence-electron chi connectivity index (χ4n) is 7.72. The summed E-state index contributed by atoms with van der Waals surface area (Å²) in [4.78, 5) is 37.4. The number of nitrogens with zero attached hydrogens (tertiary/aromatic N) is 1. The zero-order valence-electron chi connectivity index (χ0n) is 46.4. The SMILES string of the molecule is CC/C=C\C/C=C\C/C=C\C/C=C\CCCCCCCCC(=O)OC(COC(=O)CCCCCCCCCCCCCC/C=C\C/C=C\C/C=C\CCCCCCC)COC(OCC[N+](C)(C)C)C(=O)O. The lowest BCUT2D eigenvalue weighted by Gasteiger charge is -2.25. The van der Waals surface area contributed by atoms with Gasteiger partial charge in [0.1, 0.15) is 13.2 Å². The van der Waals surface area contributed by atoms with E-state index in [4.69, 9.17) is 18.9 Å². The molecule has 0 fully saturated rings. The topological polar surface area (TPSA) is 108 Å². The van der Waals surface area contributed by atoms with Crippen molar-refractivity contribution in [3.63, 3.8) is 0 Å². The molecule has 0 spiro atoms. The predicted octanol–water partition coefficient (Wildman–Crippen LogP) is 16.8. The van der Waals surface area contributed by atoms with E-state index in [9.17, 15) is 19.5 Å². The predicted molar refractivity (Wildman–Crippen MR) is 299 cm³/mol. The molecule has 0 aliphatic heterocycles. The first-order chi connectivity index (χ1) is 34.6. The smallest absolute Gasteiger partial charge is 0.361 e. The zero-order valence-corrected chi connectivity index (χ0v) is 46.4. The summed E-state index contributed by atoms with van der Waals surface area (Å²) in [6.07, 6.45) is 66.5. The Morgan fingerprint density at radius 1 is 0.437 bits per heavy atom. The van der Waals surface area contributed by atoms with E-state index in [0.29, 0.717) is 23.9 Å². The molecule has 0 saturated carbocycles. The number of carbonyl (C=O) groups excluding carboxylic acids is 2. The molecule has 0 aliphatic rings. The maximum Gasteiger partial charge on any atom is 0.361 e. The van der Waals surface area contributed by atoms with Crippen molar-refractivity contribution in [1.29, 1.82) is 0 Å². The highest BCUT2D eigenvalue weighted by Gasteiger charge is 2.25. The van der Waals surface area contributed by atoms with Crippen LogP contribution in [0, 0.1) is 0 Å². The quantitative estimate of drug-likeness (QED) is 0.0211. The van der Waals surface area contributed by atoms with Crippen LogP contribution in [0.25, 0.3) is 0 Å². The van der Waals surface area contributed by atoms with Gasteiger partial charge in [0, 0.05) is 12.8 Å². The Labute approximate surface area is 436 Å². The normalized spacial score (nSPS) is 13.4. The van der Waals surface area contributed by atoms with Crippen LogP contribution in [0.2, 0.25) is 0 Å². The highest BCUT2D eigenvalue weighted by Crippen LogP contribution is 2.15. The van der Waals surface area contributed by atoms with Crippen molar-refractivity contribution in [1.82, 2.24) is 0 Å². The van der Waals surface area contributed by atoms with Crippen LogP contribution >= 0.6 is 0 Å². The molecule has 2 unspecified atom stereocenters. The van der Waals surface area contributed by atoms with Crippen molar-refractivity contribution < 1.29 is 42.9 Å². The van der Waals surface area contributed by atoms with Gasteiger partial charge < -0.3 is 28.5 Å². The largest absolute Gasteiger partial charge is 0.477 e. The van der Waals surface area contributed by atoms with Crippen molar-refractivity contribution >= 4 is 17.9 Å². The first kappa shape index (κ1) is 67.5. The number of allylic oxidation sites excluding steroid dienone is 14. The van der Waals surface area contributed by atoms with Crippen LogP contribution in [0.5, 0.6) is 0 Å². The number of likely N-dealkylation sites (N-methyl/N-ethyl adjacent to an activating group) is 1. The number of carboxylic acid groups (broad SMARTS) is 1. The molecule has 71 heavy (non-hydrogen) atoms. The van der Waals surface area contributed by atoms with Gasteiger partial charge in [-0.1, -0.05) is 214 Å². The first-order valence-corrected chi connectivity index (χ1v) is 28.8. The molecule has 2 atom stereocenters. The lowest BCUT2D eigenvalue weighted by atomic mass is 10.0. The number of carbonyl (C=O) groups is 3. The summed E-state index contributed by atoms with van der Waals surface area (Å²) < 4.78 is 22.9. The minimum atomic E-state index is -1.52. The molecule has 0 amide bonds. The third-order valence-corrected chi connectivity index (χ3v) is 12.1. The molecule has 0 heterocycles. The van der Waals surface area contributed by atoms with Gasteiger partial charge in [-0.2, -0.15) is 0 Å². The van der Waals surface area contributed by atoms with Crippen molar-refractivity contribution in [3.05, 3.63) is 85.1 Å². The molecular formula is C62H108NO8+. The molecule has 0 saturated heterocycles. The van der Waals surface area contributed by atoms with Crippen LogP contribution in [-0.4, -0.2) is 87.4 Å². The summed E-state index contributed by atoms with van der Waals surface area (Å²) in [5.74, 6) is -2.03. The molecule has 0 radical (unpaired) electrons. The van der Waals surface area contributed by atoms with Gasteiger partial charge in [-0.05, 0) is 89.9 Å². The number of quaternary nitrogens is 1. The number of rotatable bonds is 52. The molecule has 0 rings (SSSR count). The summed E-state index contributed by atoms with van der Waals surface area (Å²) in [6.45, 7) is 4.73. The monoisotopic (exact) mass is 995 g/mol. The minimum Gasteiger partial charge on any atom is -0.477 e. The molecule has 0 aromatic carbocycles. The van der Waals surface area contributed by atoms with Crippen molar-refractivity contribution in [2.45, 2.75) is 245 Å². The summed E-state index contributed by atoms with van der Waals surface area (Å²) in [7, 11) is 5.96. The van der Waals surface area contributed by atoms with Crippen molar-refractivity contribution in [2.24, 2.45) is 0 Å². The van der Waals surface area contributed by atoms with Gasteiger partial charge in [-0.25, -0.2) is 4.79 Å². The van der Waals surface area contributed by atoms with Crippen LogP contribution in [0.15, 0.2) is 85.1 Å². The average molecular weight is 996 g/mol. The molecule has 0 aliphatic carbocycles. The fraction of sp³-hybridized carbons (Fsp3) is 0.726. The maximum atomic E-state index is 12.9. The molecule has 0 aromatic rings. The Balaban J connectivity index is 4.26. The highest BCUT2D eigenvalue weighted by atomic mass is 16.7. The van der Waals surface area contributed by atoms with E-state index in [1.807, 2.05) is 21.1 Å². The Morgan fingerprint density at radius 2 is 0.803 bits per heavy atom. The van der Waals surface area contributed by atoms with Crippen molar-refractivity contribution in [2.75, 3.05) is 47.5 Å². The molecular weight excluding hydrogens is 887 g/mol. The van der Waals surface area contributed by atoms with Crippen LogP contribution in [0.4, 0.5) is 0 Å². The first-order valence-electron chi connectivity index (χ1n) is 28.8. The molecule has 0 bridgehead atoms. The second-order valence-electron chi connectivity index (χ2n) is 20.2. The second kappa shape index (κ2) is 52.8. The highest BCUT2D eigenvalue weighted by molar-refractivity contribution is 5.71. The van der Waals surface area contributed by atoms with E-state index in [1.165, 1.54) is 103 Å². The lowest BCUT2D eigenvalue weighted by Crippen LogP contribution is -2.40. The average Bonchev–Trinajstić information content (AvgIpc) is 3.34. The summed E-state index contributed by atoms with van der Waals surface area (Å²) in [5, 5.41) is 9.70. The number of carboxylic acids is 1. The van der Waals surface area contributed by atoms with Crippen LogP contribution in [0.3, 0.4) is 0 Å². The van der Waals surface area contributed by atoms with Gasteiger partial charge in [-0.3, -0.25) is 9.59 Å². The second-order valence-corrected chi connectivity index (χ2v) is 20.2. The Kier molecular flexibility index (Phi) is 50.2. The van der Waals surface area contributed by atoms with Gasteiger partial charge in [0.25, 0.3) is 6.29 Å². The molecule has 9 nitrogen and oxygen atoms in total. The third kappa shape index (κ3) is 54.1. The van der Waals surface area contributed by atoms with E-state index >= 15 is 0 Å². The summed E-state index contributed by atoms with van der Waals surface area (Å²) in [6, 6.07) is 0. The van der Waals surface area contributed by atoms with Gasteiger partial charge in [0.2, 0.25) is 0 Å². The minimum absolute atomic E-state index is 0.180. The fourth-order valence-corrected chi connectivity index (χ4v) is 7.72. The Bertz CT molecular complexity index is 1440. The maximum absolute atomic E-state index is 12.9. The van der Waals surface area contributed by atoms with Gasteiger partial charge in [0.05, 0.1) is 34.4 Å². The van der Waals surface area contributed by atoms with E-state index in [2.05, 4.69) is 98.9 Å². The lowest BCUT2D eigenvalue weighted by molar-refractivity contribution is -0.870. The summed E-state index contributed by atoms with van der Waals surface area (Å²) in [5.41, 5.74) is 0. The van der Waals surface area contributed by atoms with E-state index < -0.39 is 24.3 Å². The van der Waals surface area contributed by atoms with Crippen LogP contribution < -0.4 is 0 Å². The molecule has 9 heteroatoms. The third-order valence-electron chi connectivity index (χ3n) is 12.1. The summed E-state index contributed by atoms with van der Waals surface area (Å²) >= 11 is 0. The number of ether oxygens (including phenoxy) is 4. The van der Waals surface area contributed by atoms with Gasteiger partial charge >= 0.3 is 17.9 Å². The van der Waals surface area contributed by atoms with E-state index in [-0.39, 0.29) is 32.2 Å². The molecule has 1 N–H and O–H groups in total. The standard InChI is InChI=1S/C62H107NO8/c1-6-8-10-12-14-16-18-20-22-24-26-27-28-29-30-31-32-33-35-36-38-40-42-44-46-48-50-52-59(64)69-56-58(57-70-62(61(66)67)68-55-54-63(3,4)5)71-60(65)53-51-49-47-45-43-41-39-37-34-25-23-21-19-17-15-13-11-9-7-2/h9,11,15,17-18,20-21,23-24,26,28-29,34,37,58,62H,6-8,10,12-14,16,19,22,25,27,30-33,35-36,38-57H2,1-5H3/p+1/b11-9-,17-15-,20-18-,23-21-,26-24-,29-28-,37-34-. The number of hydrogen-bond donors (Lipinski definition) is 1. The number of hydrogen-bond acceptors (Lipinski definition) is 7.